The molecule has 1 aliphatic heterocycles. The van der Waals surface area contributed by atoms with E-state index in [1.165, 1.54) is 17.5 Å². The number of hydrogen-bond donors (Lipinski definition) is 2. The molecule has 0 aromatic carbocycles. The molecule has 21 heavy (non-hydrogen) atoms. The number of likely N-dealkylation sites (tertiary alicyclic amines) is 1. The van der Waals surface area contributed by atoms with E-state index in [4.69, 9.17) is 0 Å². The predicted octanol–water partition coefficient (Wildman–Crippen LogP) is 1.42. The van der Waals surface area contributed by atoms with Crippen LogP contribution in [-0.2, 0) is 0 Å². The van der Waals surface area contributed by atoms with Crippen LogP contribution in [0.15, 0.2) is 23.7 Å². The van der Waals surface area contributed by atoms with E-state index in [-0.39, 0.29) is 17.9 Å². The normalized spacial score (nSPS) is 18.0. The molecule has 7 heteroatoms. The van der Waals surface area contributed by atoms with Crippen LogP contribution in [0.5, 0.6) is 0 Å². The van der Waals surface area contributed by atoms with Crippen molar-refractivity contribution in [2.75, 3.05) is 13.1 Å². The van der Waals surface area contributed by atoms with Gasteiger partial charge in [0.2, 0.25) is 0 Å². The van der Waals surface area contributed by atoms with Gasteiger partial charge < -0.3 is 10.2 Å². The van der Waals surface area contributed by atoms with E-state index < -0.39 is 0 Å². The summed E-state index contributed by atoms with van der Waals surface area (Å²) in [6, 6.07) is 3.69. The fourth-order valence-electron chi connectivity index (χ4n) is 2.46. The minimum atomic E-state index is -0.142. The topological polar surface area (TPSA) is 78.1 Å². The summed E-state index contributed by atoms with van der Waals surface area (Å²) >= 11 is 1.44. The van der Waals surface area contributed by atoms with E-state index in [0.717, 1.165) is 17.0 Å². The quantitative estimate of drug-likeness (QED) is 0.900. The molecule has 110 valence electrons. The number of nitrogens with zero attached hydrogens (tertiary/aromatic N) is 2. The molecule has 2 amide bonds. The average Bonchev–Trinajstić information content (AvgIpc) is 3.18. The average molecular weight is 304 g/mol. The van der Waals surface area contributed by atoms with Gasteiger partial charge in [-0.25, -0.2) is 0 Å². The van der Waals surface area contributed by atoms with Gasteiger partial charge in [0, 0.05) is 24.8 Å². The van der Waals surface area contributed by atoms with Gasteiger partial charge in [0.15, 0.2) is 0 Å². The van der Waals surface area contributed by atoms with Crippen molar-refractivity contribution in [1.29, 1.82) is 0 Å². The zero-order chi connectivity index (χ0) is 14.8. The lowest BCUT2D eigenvalue weighted by atomic mass is 10.2. The molecule has 0 radical (unpaired) electrons. The molecule has 3 rings (SSSR count). The lowest BCUT2D eigenvalue weighted by Crippen LogP contribution is -2.38. The second kappa shape index (κ2) is 5.69. The third kappa shape index (κ3) is 2.82. The first-order chi connectivity index (χ1) is 10.1. The monoisotopic (exact) mass is 304 g/mol. The fourth-order valence-corrected chi connectivity index (χ4v) is 3.15. The number of aromatic amines is 1. The van der Waals surface area contributed by atoms with Gasteiger partial charge in [0.25, 0.3) is 11.8 Å². The Labute approximate surface area is 126 Å². The summed E-state index contributed by atoms with van der Waals surface area (Å²) in [7, 11) is 0. The van der Waals surface area contributed by atoms with Crippen molar-refractivity contribution in [3.05, 3.63) is 39.8 Å². The molecule has 1 atom stereocenters. The molecule has 0 saturated carbocycles. The maximum atomic E-state index is 12.2. The number of amides is 2. The van der Waals surface area contributed by atoms with Crippen molar-refractivity contribution < 1.29 is 9.59 Å². The van der Waals surface area contributed by atoms with Crippen LogP contribution in [-0.4, -0.2) is 46.0 Å². The van der Waals surface area contributed by atoms with E-state index in [1.54, 1.807) is 4.90 Å². The van der Waals surface area contributed by atoms with Crippen LogP contribution in [0.25, 0.3) is 0 Å². The zero-order valence-electron chi connectivity index (χ0n) is 11.6. The first-order valence-electron chi connectivity index (χ1n) is 6.79. The summed E-state index contributed by atoms with van der Waals surface area (Å²) < 4.78 is 0. The minimum absolute atomic E-state index is 0.00397. The molecule has 0 aliphatic carbocycles. The number of carbonyl (C=O) groups is 2. The van der Waals surface area contributed by atoms with Gasteiger partial charge in [0.1, 0.15) is 0 Å². The molecule has 1 fully saturated rings. The van der Waals surface area contributed by atoms with Gasteiger partial charge in [-0.3, -0.25) is 14.7 Å². The summed E-state index contributed by atoms with van der Waals surface area (Å²) in [5, 5.41) is 11.4. The molecule has 3 heterocycles. The maximum absolute atomic E-state index is 12.2. The highest BCUT2D eigenvalue weighted by atomic mass is 32.1. The highest BCUT2D eigenvalue weighted by Gasteiger charge is 2.28. The predicted molar refractivity (Wildman–Crippen MR) is 79.4 cm³/mol. The summed E-state index contributed by atoms with van der Waals surface area (Å²) in [6.45, 7) is 3.04. The van der Waals surface area contributed by atoms with E-state index >= 15 is 0 Å². The SMILES string of the molecule is Cc1[nH]ncc1C(=O)N[C@@H]1CCN(C(=O)c2cccs2)C1. The molecule has 0 unspecified atom stereocenters. The Hall–Kier alpha value is -2.15. The second-order valence-electron chi connectivity index (χ2n) is 5.10. The van der Waals surface area contributed by atoms with Crippen molar-refractivity contribution in [2.45, 2.75) is 19.4 Å². The Bertz CT molecular complexity index is 650. The number of rotatable bonds is 3. The highest BCUT2D eigenvalue weighted by molar-refractivity contribution is 7.12. The Morgan fingerprint density at radius 3 is 3.05 bits per heavy atom. The minimum Gasteiger partial charge on any atom is -0.347 e. The molecule has 2 aromatic heterocycles. The zero-order valence-corrected chi connectivity index (χ0v) is 12.4. The third-order valence-corrected chi connectivity index (χ3v) is 4.48. The van der Waals surface area contributed by atoms with Crippen molar-refractivity contribution in [3.8, 4) is 0 Å². The van der Waals surface area contributed by atoms with Crippen molar-refractivity contribution in [2.24, 2.45) is 0 Å². The summed E-state index contributed by atoms with van der Waals surface area (Å²) in [6.07, 6.45) is 2.30. The lowest BCUT2D eigenvalue weighted by Gasteiger charge is -2.16. The Kier molecular flexibility index (Phi) is 3.74. The van der Waals surface area contributed by atoms with Gasteiger partial charge in [-0.1, -0.05) is 6.07 Å². The van der Waals surface area contributed by atoms with Gasteiger partial charge in [-0.15, -0.1) is 11.3 Å². The second-order valence-corrected chi connectivity index (χ2v) is 6.04. The molecular weight excluding hydrogens is 288 g/mol. The van der Waals surface area contributed by atoms with Crippen molar-refractivity contribution in [3.63, 3.8) is 0 Å². The largest absolute Gasteiger partial charge is 0.347 e. The maximum Gasteiger partial charge on any atom is 0.263 e. The van der Waals surface area contributed by atoms with Crippen LogP contribution < -0.4 is 5.32 Å². The molecule has 0 spiro atoms. The van der Waals surface area contributed by atoms with E-state index in [0.29, 0.717) is 18.7 Å². The van der Waals surface area contributed by atoms with Crippen LogP contribution in [0.1, 0.15) is 32.1 Å². The first-order valence-corrected chi connectivity index (χ1v) is 7.66. The smallest absolute Gasteiger partial charge is 0.263 e. The third-order valence-electron chi connectivity index (χ3n) is 3.62. The Balaban J connectivity index is 1.59. The molecular formula is C14H16N4O2S. The van der Waals surface area contributed by atoms with Crippen molar-refractivity contribution in [1.82, 2.24) is 20.4 Å². The fraction of sp³-hybridized carbons (Fsp3) is 0.357. The summed E-state index contributed by atoms with van der Waals surface area (Å²) in [5.74, 6) is -0.0992. The Morgan fingerprint density at radius 2 is 2.38 bits per heavy atom. The molecule has 1 aliphatic rings. The number of aryl methyl sites for hydroxylation is 1. The van der Waals surface area contributed by atoms with Gasteiger partial charge in [0.05, 0.1) is 16.6 Å². The van der Waals surface area contributed by atoms with Gasteiger partial charge in [-0.2, -0.15) is 5.10 Å². The number of nitrogens with one attached hydrogen (secondary N) is 2. The van der Waals surface area contributed by atoms with Crippen LogP contribution in [0.4, 0.5) is 0 Å². The van der Waals surface area contributed by atoms with E-state index in [9.17, 15) is 9.59 Å². The molecule has 2 N–H and O–H groups in total. The molecule has 0 bridgehead atoms. The van der Waals surface area contributed by atoms with E-state index in [1.807, 2.05) is 24.4 Å². The number of thiophene rings is 1. The highest BCUT2D eigenvalue weighted by Crippen LogP contribution is 2.17. The summed E-state index contributed by atoms with van der Waals surface area (Å²) in [5.41, 5.74) is 1.30. The van der Waals surface area contributed by atoms with Crippen LogP contribution >= 0.6 is 11.3 Å². The van der Waals surface area contributed by atoms with Gasteiger partial charge >= 0.3 is 0 Å². The van der Waals surface area contributed by atoms with Crippen molar-refractivity contribution >= 4 is 23.2 Å². The number of H-pyrrole nitrogens is 1. The number of hydrogen-bond acceptors (Lipinski definition) is 4. The lowest BCUT2D eigenvalue weighted by molar-refractivity contribution is 0.0787. The standard InChI is InChI=1S/C14H16N4O2S/c1-9-11(7-15-17-9)13(19)16-10-4-5-18(8-10)14(20)12-3-2-6-21-12/h2-3,6-7,10H,4-5,8H2,1H3,(H,15,17)(H,16,19)/t10-/m1/s1. The van der Waals surface area contributed by atoms with E-state index in [2.05, 4.69) is 15.5 Å². The first kappa shape index (κ1) is 13.8. The molecule has 6 nitrogen and oxygen atoms in total. The van der Waals surface area contributed by atoms with Crippen LogP contribution in [0.3, 0.4) is 0 Å². The summed E-state index contributed by atoms with van der Waals surface area (Å²) in [4.78, 5) is 26.9. The molecule has 1 saturated heterocycles. The number of carbonyl (C=O) groups excluding carboxylic acids is 2. The Morgan fingerprint density at radius 1 is 1.52 bits per heavy atom. The van der Waals surface area contributed by atoms with Crippen LogP contribution in [0, 0.1) is 6.92 Å². The van der Waals surface area contributed by atoms with Crippen LogP contribution in [0.2, 0.25) is 0 Å². The molecule has 2 aromatic rings. The number of aromatic nitrogens is 2. The van der Waals surface area contributed by atoms with Gasteiger partial charge in [-0.05, 0) is 24.8 Å².